The standard InChI is InChI=1S/C9H9IO4/c10-6-3-5(1-2-7(6)11)4-8(12)9(13)14/h1-3,8,11-12H,4H2,(H,13,14). The summed E-state index contributed by atoms with van der Waals surface area (Å²) in [4.78, 5) is 10.4. The van der Waals surface area contributed by atoms with E-state index >= 15 is 0 Å². The van der Waals surface area contributed by atoms with Crippen LogP contribution >= 0.6 is 22.6 Å². The van der Waals surface area contributed by atoms with Crippen LogP contribution in [-0.4, -0.2) is 27.4 Å². The third-order valence-corrected chi connectivity index (χ3v) is 2.59. The molecule has 1 rings (SSSR count). The minimum absolute atomic E-state index is 0.0472. The molecule has 0 aliphatic heterocycles. The molecule has 4 nitrogen and oxygen atoms in total. The monoisotopic (exact) mass is 308 g/mol. The van der Waals surface area contributed by atoms with Crippen molar-refractivity contribution in [3.63, 3.8) is 0 Å². The van der Waals surface area contributed by atoms with Gasteiger partial charge in [-0.3, -0.25) is 0 Å². The highest BCUT2D eigenvalue weighted by Crippen LogP contribution is 2.20. The Bertz CT molecular complexity index is 351. The third-order valence-electron chi connectivity index (χ3n) is 1.73. The summed E-state index contributed by atoms with van der Waals surface area (Å²) in [6.45, 7) is 0. The second-order valence-electron chi connectivity index (χ2n) is 2.84. The van der Waals surface area contributed by atoms with Crippen LogP contribution in [0, 0.1) is 3.57 Å². The number of aliphatic carboxylic acids is 1. The van der Waals surface area contributed by atoms with Crippen LogP contribution in [0.1, 0.15) is 5.56 Å². The molecule has 14 heavy (non-hydrogen) atoms. The van der Waals surface area contributed by atoms with Crippen molar-refractivity contribution in [1.82, 2.24) is 0 Å². The van der Waals surface area contributed by atoms with E-state index < -0.39 is 12.1 Å². The van der Waals surface area contributed by atoms with Gasteiger partial charge in [-0.25, -0.2) is 4.79 Å². The second kappa shape index (κ2) is 4.61. The Morgan fingerprint density at radius 1 is 1.50 bits per heavy atom. The molecule has 0 bridgehead atoms. The molecule has 0 aromatic heterocycles. The largest absolute Gasteiger partial charge is 0.507 e. The van der Waals surface area contributed by atoms with E-state index in [9.17, 15) is 9.90 Å². The first-order valence-electron chi connectivity index (χ1n) is 3.89. The van der Waals surface area contributed by atoms with E-state index in [1.54, 1.807) is 12.1 Å². The summed E-state index contributed by atoms with van der Waals surface area (Å²) in [5.74, 6) is -1.09. The number of rotatable bonds is 3. The van der Waals surface area contributed by atoms with Gasteiger partial charge in [-0.1, -0.05) is 6.07 Å². The van der Waals surface area contributed by atoms with Crippen molar-refractivity contribution >= 4 is 28.6 Å². The van der Waals surface area contributed by atoms with Gasteiger partial charge in [-0.15, -0.1) is 0 Å². The van der Waals surface area contributed by atoms with E-state index in [2.05, 4.69) is 0 Å². The first kappa shape index (κ1) is 11.3. The number of phenolic OH excluding ortho intramolecular Hbond substituents is 1. The number of carbonyl (C=O) groups is 1. The third kappa shape index (κ3) is 2.85. The van der Waals surface area contributed by atoms with Crippen LogP contribution in [0.2, 0.25) is 0 Å². The molecule has 1 atom stereocenters. The van der Waals surface area contributed by atoms with Crippen LogP contribution < -0.4 is 0 Å². The maximum atomic E-state index is 10.4. The van der Waals surface area contributed by atoms with E-state index in [-0.39, 0.29) is 12.2 Å². The minimum atomic E-state index is -1.39. The molecule has 0 saturated heterocycles. The molecule has 0 aliphatic rings. The van der Waals surface area contributed by atoms with Crippen molar-refractivity contribution in [2.45, 2.75) is 12.5 Å². The Balaban J connectivity index is 2.78. The number of aromatic hydroxyl groups is 1. The zero-order valence-electron chi connectivity index (χ0n) is 7.14. The Morgan fingerprint density at radius 2 is 2.14 bits per heavy atom. The predicted octanol–water partition coefficient (Wildman–Crippen LogP) is 0.985. The highest BCUT2D eigenvalue weighted by molar-refractivity contribution is 14.1. The average molecular weight is 308 g/mol. The molecule has 0 spiro atoms. The molecule has 0 fully saturated rings. The Kier molecular flexibility index (Phi) is 3.70. The average Bonchev–Trinajstić information content (AvgIpc) is 2.11. The van der Waals surface area contributed by atoms with E-state index in [0.29, 0.717) is 9.13 Å². The lowest BCUT2D eigenvalue weighted by Crippen LogP contribution is -2.21. The number of hydrogen-bond acceptors (Lipinski definition) is 3. The van der Waals surface area contributed by atoms with Crippen molar-refractivity contribution in [3.05, 3.63) is 27.3 Å². The number of halogens is 1. The Morgan fingerprint density at radius 3 is 2.64 bits per heavy atom. The van der Waals surface area contributed by atoms with Gasteiger partial charge < -0.3 is 15.3 Å². The summed E-state index contributed by atoms with van der Waals surface area (Å²) in [7, 11) is 0. The molecule has 0 heterocycles. The molecule has 1 aromatic rings. The molecule has 3 N–H and O–H groups in total. The normalized spacial score (nSPS) is 12.4. The number of benzene rings is 1. The zero-order valence-corrected chi connectivity index (χ0v) is 9.30. The number of hydrogen-bond donors (Lipinski definition) is 3. The smallest absolute Gasteiger partial charge is 0.332 e. The molecule has 1 aromatic carbocycles. The number of carboxylic acids is 1. The molecule has 0 amide bonds. The van der Waals surface area contributed by atoms with E-state index in [1.165, 1.54) is 6.07 Å². The molecule has 0 radical (unpaired) electrons. The van der Waals surface area contributed by atoms with Gasteiger partial charge in [0.1, 0.15) is 5.75 Å². The summed E-state index contributed by atoms with van der Waals surface area (Å²) in [5.41, 5.74) is 0.683. The van der Waals surface area contributed by atoms with Gasteiger partial charge >= 0.3 is 5.97 Å². The van der Waals surface area contributed by atoms with Gasteiger partial charge in [-0.05, 0) is 40.3 Å². The second-order valence-corrected chi connectivity index (χ2v) is 4.01. The van der Waals surface area contributed by atoms with Gasteiger partial charge in [0, 0.05) is 6.42 Å². The maximum absolute atomic E-state index is 10.4. The summed E-state index contributed by atoms with van der Waals surface area (Å²) < 4.78 is 0.637. The molecule has 76 valence electrons. The van der Waals surface area contributed by atoms with Crippen molar-refractivity contribution in [2.75, 3.05) is 0 Å². The molecular weight excluding hydrogens is 299 g/mol. The topological polar surface area (TPSA) is 77.8 Å². The van der Waals surface area contributed by atoms with E-state index in [0.717, 1.165) is 0 Å². The van der Waals surface area contributed by atoms with Crippen LogP contribution in [0.25, 0.3) is 0 Å². The summed E-state index contributed by atoms with van der Waals surface area (Å²) in [6.07, 6.45) is -1.35. The predicted molar refractivity (Wildman–Crippen MR) is 58.2 cm³/mol. The van der Waals surface area contributed by atoms with Gasteiger partial charge in [0.05, 0.1) is 3.57 Å². The van der Waals surface area contributed by atoms with E-state index in [1.807, 2.05) is 22.6 Å². The first-order chi connectivity index (χ1) is 6.50. The van der Waals surface area contributed by atoms with Crippen molar-refractivity contribution in [1.29, 1.82) is 0 Å². The zero-order chi connectivity index (χ0) is 10.7. The van der Waals surface area contributed by atoms with Crippen molar-refractivity contribution in [2.24, 2.45) is 0 Å². The fraction of sp³-hybridized carbons (Fsp3) is 0.222. The molecule has 0 aliphatic carbocycles. The summed E-state index contributed by atoms with van der Waals surface area (Å²) in [6, 6.07) is 4.71. The SMILES string of the molecule is O=C(O)C(O)Cc1ccc(O)c(I)c1. The fourth-order valence-electron chi connectivity index (χ4n) is 0.988. The van der Waals surface area contributed by atoms with Crippen LogP contribution in [-0.2, 0) is 11.2 Å². The summed E-state index contributed by atoms with van der Waals surface area (Å²) >= 11 is 1.94. The highest BCUT2D eigenvalue weighted by Gasteiger charge is 2.14. The number of carboxylic acid groups (broad SMARTS) is 1. The van der Waals surface area contributed by atoms with Crippen molar-refractivity contribution in [3.8, 4) is 5.75 Å². The number of aliphatic hydroxyl groups excluding tert-OH is 1. The number of phenols is 1. The van der Waals surface area contributed by atoms with Gasteiger partial charge in [-0.2, -0.15) is 0 Å². The molecular formula is C9H9IO4. The lowest BCUT2D eigenvalue weighted by atomic mass is 10.1. The Hall–Kier alpha value is -0.820. The van der Waals surface area contributed by atoms with Gasteiger partial charge in [0.25, 0.3) is 0 Å². The van der Waals surface area contributed by atoms with Crippen LogP contribution in [0.15, 0.2) is 18.2 Å². The first-order valence-corrected chi connectivity index (χ1v) is 4.97. The van der Waals surface area contributed by atoms with E-state index in [4.69, 9.17) is 10.2 Å². The van der Waals surface area contributed by atoms with Crippen LogP contribution in [0.5, 0.6) is 5.75 Å². The Labute approximate surface area is 94.3 Å². The molecule has 1 unspecified atom stereocenters. The molecule has 5 heteroatoms. The van der Waals surface area contributed by atoms with Gasteiger partial charge in [0.15, 0.2) is 6.10 Å². The van der Waals surface area contributed by atoms with Gasteiger partial charge in [0.2, 0.25) is 0 Å². The van der Waals surface area contributed by atoms with Crippen LogP contribution in [0.4, 0.5) is 0 Å². The number of aliphatic hydroxyl groups is 1. The maximum Gasteiger partial charge on any atom is 0.332 e. The summed E-state index contributed by atoms with van der Waals surface area (Å²) in [5, 5.41) is 26.7. The molecule has 0 saturated carbocycles. The van der Waals surface area contributed by atoms with Crippen LogP contribution in [0.3, 0.4) is 0 Å². The fourth-order valence-corrected chi connectivity index (χ4v) is 1.57. The lowest BCUT2D eigenvalue weighted by Gasteiger charge is -2.06. The lowest BCUT2D eigenvalue weighted by molar-refractivity contribution is -0.146. The highest BCUT2D eigenvalue weighted by atomic mass is 127. The van der Waals surface area contributed by atoms with Crippen molar-refractivity contribution < 1.29 is 20.1 Å². The quantitative estimate of drug-likeness (QED) is 0.728. The minimum Gasteiger partial charge on any atom is -0.507 e.